The lowest BCUT2D eigenvalue weighted by atomic mass is 9.78. The molecule has 1 N–H and O–H groups in total. The van der Waals surface area contributed by atoms with Crippen molar-refractivity contribution in [1.82, 2.24) is 0 Å². The van der Waals surface area contributed by atoms with E-state index < -0.39 is 35.3 Å². The predicted octanol–water partition coefficient (Wildman–Crippen LogP) is 5.68. The van der Waals surface area contributed by atoms with Gasteiger partial charge in [0, 0.05) is 29.9 Å². The van der Waals surface area contributed by atoms with Crippen LogP contribution in [0.4, 0.5) is 25.0 Å². The zero-order valence-corrected chi connectivity index (χ0v) is 17.1. The Labute approximate surface area is 165 Å². The maximum Gasteiger partial charge on any atom is 0.414 e. The molecule has 0 aliphatic carbocycles. The summed E-state index contributed by atoms with van der Waals surface area (Å²) < 4.78 is 34.2. The number of anilines is 2. The zero-order valence-electron chi connectivity index (χ0n) is 15.5. The zero-order chi connectivity index (χ0) is 19.9. The molecule has 144 valence electrons. The molecule has 0 fully saturated rings. The molecule has 2 aromatic carbocycles. The summed E-state index contributed by atoms with van der Waals surface area (Å²) in [7, 11) is 1.62. The van der Waals surface area contributed by atoms with Crippen LogP contribution in [0.25, 0.3) is 0 Å². The molecule has 27 heavy (non-hydrogen) atoms. The first-order chi connectivity index (χ1) is 12.6. The molecule has 0 saturated carbocycles. The number of ether oxygens (including phenoxy) is 1. The van der Waals surface area contributed by atoms with Gasteiger partial charge in [-0.2, -0.15) is 0 Å². The fourth-order valence-electron chi connectivity index (χ4n) is 3.55. The van der Waals surface area contributed by atoms with E-state index >= 15 is 0 Å². The van der Waals surface area contributed by atoms with Gasteiger partial charge in [-0.25, -0.2) is 13.6 Å². The summed E-state index contributed by atoms with van der Waals surface area (Å²) in [6.45, 7) is 5.45. The van der Waals surface area contributed by atoms with Gasteiger partial charge in [0.05, 0.1) is 10.0 Å². The van der Waals surface area contributed by atoms with Crippen LogP contribution in [0.1, 0.15) is 32.3 Å². The van der Waals surface area contributed by atoms with Crippen LogP contribution in [0.5, 0.6) is 0 Å². The van der Waals surface area contributed by atoms with Crippen LogP contribution in [0.15, 0.2) is 40.9 Å². The minimum absolute atomic E-state index is 0.221. The molecular formula is C20H21BrF2N2O2. The number of amides is 1. The van der Waals surface area contributed by atoms with E-state index in [1.54, 1.807) is 26.1 Å². The topological polar surface area (TPSA) is 41.6 Å². The van der Waals surface area contributed by atoms with Crippen LogP contribution < -0.4 is 10.2 Å². The smallest absolute Gasteiger partial charge is 0.414 e. The van der Waals surface area contributed by atoms with Gasteiger partial charge < -0.3 is 10.1 Å². The normalized spacial score (nSPS) is 20.4. The van der Waals surface area contributed by atoms with E-state index in [4.69, 9.17) is 4.74 Å². The summed E-state index contributed by atoms with van der Waals surface area (Å²) in [5.41, 5.74) is 0.636. The fourth-order valence-corrected chi connectivity index (χ4v) is 3.87. The lowest BCUT2D eigenvalue weighted by Crippen LogP contribution is -2.53. The first-order valence-corrected chi connectivity index (χ1v) is 9.37. The molecule has 1 heterocycles. The lowest BCUT2D eigenvalue weighted by Gasteiger charge is -2.44. The van der Waals surface area contributed by atoms with E-state index in [1.807, 2.05) is 32.0 Å². The van der Waals surface area contributed by atoms with Gasteiger partial charge in [-0.05, 0) is 48.0 Å². The quantitative estimate of drug-likeness (QED) is 0.613. The third-order valence-corrected chi connectivity index (χ3v) is 5.65. The van der Waals surface area contributed by atoms with Gasteiger partial charge >= 0.3 is 6.09 Å². The summed E-state index contributed by atoms with van der Waals surface area (Å²) in [5.74, 6) is -1.83. The van der Waals surface area contributed by atoms with Crippen LogP contribution in [0, 0.1) is 11.6 Å². The number of halogens is 3. The van der Waals surface area contributed by atoms with Gasteiger partial charge in [0.2, 0.25) is 0 Å². The van der Waals surface area contributed by atoms with Crippen molar-refractivity contribution in [3.63, 3.8) is 0 Å². The van der Waals surface area contributed by atoms with E-state index in [-0.39, 0.29) is 4.47 Å². The lowest BCUT2D eigenvalue weighted by molar-refractivity contribution is 0.0520. The Bertz CT molecular complexity index is 874. The molecule has 2 atom stereocenters. The SMILES string of the molecule is C[C@@H]1c2c(cc(F)c(Br)c2F)NC(C)(C)[C@H]1OC(=O)N(C)c1ccccc1. The second-order valence-corrected chi connectivity index (χ2v) is 8.07. The number of rotatable bonds is 2. The summed E-state index contributed by atoms with van der Waals surface area (Å²) in [6, 6.07) is 10.4. The molecule has 1 amide bonds. The van der Waals surface area contributed by atoms with Crippen molar-refractivity contribution in [2.75, 3.05) is 17.3 Å². The van der Waals surface area contributed by atoms with E-state index in [0.717, 1.165) is 0 Å². The molecule has 1 aliphatic heterocycles. The summed E-state index contributed by atoms with van der Waals surface area (Å²) in [4.78, 5) is 14.1. The average Bonchev–Trinajstić information content (AvgIpc) is 2.62. The molecule has 3 rings (SSSR count). The fraction of sp³-hybridized carbons (Fsp3) is 0.350. The molecule has 1 aliphatic rings. The largest absolute Gasteiger partial charge is 0.443 e. The molecule has 7 heteroatoms. The Morgan fingerprint density at radius 3 is 2.52 bits per heavy atom. The Morgan fingerprint density at radius 2 is 1.89 bits per heavy atom. The molecule has 0 bridgehead atoms. The molecule has 4 nitrogen and oxygen atoms in total. The molecule has 0 unspecified atom stereocenters. The van der Waals surface area contributed by atoms with Crippen molar-refractivity contribution in [3.8, 4) is 0 Å². The van der Waals surface area contributed by atoms with E-state index in [2.05, 4.69) is 21.2 Å². The highest BCUT2D eigenvalue weighted by Crippen LogP contribution is 2.44. The molecule has 0 saturated heterocycles. The number of carbonyl (C=O) groups excluding carboxylic acids is 1. The minimum atomic E-state index is -0.716. The van der Waals surface area contributed by atoms with Crippen LogP contribution in [0.2, 0.25) is 0 Å². The van der Waals surface area contributed by atoms with Gasteiger partial charge in [-0.15, -0.1) is 0 Å². The van der Waals surface area contributed by atoms with Gasteiger partial charge in [-0.1, -0.05) is 25.1 Å². The number of nitrogens with one attached hydrogen (secondary N) is 1. The van der Waals surface area contributed by atoms with Crippen LogP contribution in [-0.4, -0.2) is 24.8 Å². The van der Waals surface area contributed by atoms with E-state index in [9.17, 15) is 13.6 Å². The molecule has 0 spiro atoms. The third-order valence-electron chi connectivity index (χ3n) is 4.92. The minimum Gasteiger partial charge on any atom is -0.443 e. The van der Waals surface area contributed by atoms with Gasteiger partial charge in [0.15, 0.2) is 0 Å². The summed E-state index contributed by atoms with van der Waals surface area (Å²) in [6.07, 6.45) is -1.20. The van der Waals surface area contributed by atoms with Gasteiger partial charge in [0.1, 0.15) is 17.7 Å². The standard InChI is InChI=1S/C20H21BrF2N2O2/c1-11-15-14(10-13(22)16(21)17(15)23)24-20(2,3)18(11)27-19(26)25(4)12-8-6-5-7-9-12/h5-11,18,24H,1-4H3/t11-,18+/m1/s1. The van der Waals surface area contributed by atoms with E-state index in [0.29, 0.717) is 16.9 Å². The first kappa shape index (κ1) is 19.6. The number of para-hydroxylation sites is 1. The van der Waals surface area contributed by atoms with Crippen molar-refractivity contribution in [3.05, 3.63) is 58.1 Å². The third kappa shape index (κ3) is 3.52. The average molecular weight is 439 g/mol. The molecule has 0 aromatic heterocycles. The number of hydrogen-bond donors (Lipinski definition) is 1. The Kier molecular flexibility index (Phi) is 5.16. The number of carbonyl (C=O) groups is 1. The van der Waals surface area contributed by atoms with Crippen LogP contribution in [-0.2, 0) is 4.74 Å². The molecule has 0 radical (unpaired) electrons. The maximum atomic E-state index is 14.7. The van der Waals surface area contributed by atoms with E-state index in [1.165, 1.54) is 11.0 Å². The highest BCUT2D eigenvalue weighted by Gasteiger charge is 2.45. The molecular weight excluding hydrogens is 418 g/mol. The maximum absolute atomic E-state index is 14.7. The van der Waals surface area contributed by atoms with Gasteiger partial charge in [-0.3, -0.25) is 4.90 Å². The number of benzene rings is 2. The van der Waals surface area contributed by atoms with Crippen molar-refractivity contribution < 1.29 is 18.3 Å². The van der Waals surface area contributed by atoms with Crippen molar-refractivity contribution in [2.24, 2.45) is 0 Å². The summed E-state index contributed by atoms with van der Waals surface area (Å²) in [5, 5.41) is 3.11. The number of fused-ring (bicyclic) bond motifs is 1. The highest BCUT2D eigenvalue weighted by atomic mass is 79.9. The molecule has 2 aromatic rings. The summed E-state index contributed by atoms with van der Waals surface area (Å²) >= 11 is 2.95. The van der Waals surface area contributed by atoms with Crippen LogP contribution in [0.3, 0.4) is 0 Å². The Hall–Kier alpha value is -2.15. The van der Waals surface area contributed by atoms with Gasteiger partial charge in [0.25, 0.3) is 0 Å². The van der Waals surface area contributed by atoms with Crippen molar-refractivity contribution in [2.45, 2.75) is 38.3 Å². The number of nitrogens with zero attached hydrogens (tertiary/aromatic N) is 1. The Morgan fingerprint density at radius 1 is 1.26 bits per heavy atom. The highest BCUT2D eigenvalue weighted by molar-refractivity contribution is 9.10. The predicted molar refractivity (Wildman–Crippen MR) is 105 cm³/mol. The van der Waals surface area contributed by atoms with Crippen molar-refractivity contribution >= 4 is 33.4 Å². The number of hydrogen-bond acceptors (Lipinski definition) is 3. The monoisotopic (exact) mass is 438 g/mol. The Balaban J connectivity index is 1.92. The van der Waals surface area contributed by atoms with Crippen LogP contribution >= 0.6 is 15.9 Å². The second kappa shape index (κ2) is 7.11. The van der Waals surface area contributed by atoms with Crippen molar-refractivity contribution in [1.29, 1.82) is 0 Å². The second-order valence-electron chi connectivity index (χ2n) is 7.28. The first-order valence-electron chi connectivity index (χ1n) is 8.58.